The number of nitrogens with one attached hydrogen (secondary N) is 1. The van der Waals surface area contributed by atoms with Crippen LogP contribution in [0, 0.1) is 5.92 Å². The Hall–Kier alpha value is -0.540. The number of hydrogen-bond donors (Lipinski definition) is 1. The van der Waals surface area contributed by atoms with E-state index in [1.807, 2.05) is 0 Å². The molecule has 0 atom stereocenters. The van der Waals surface area contributed by atoms with E-state index < -0.39 is 0 Å². The first kappa shape index (κ1) is 13.4. The van der Waals surface area contributed by atoms with Gasteiger partial charge < -0.3 is 10.2 Å². The van der Waals surface area contributed by atoms with E-state index in [2.05, 4.69) is 51.4 Å². The summed E-state index contributed by atoms with van der Waals surface area (Å²) in [5, 5.41) is 3.63. The lowest BCUT2D eigenvalue weighted by atomic mass is 9.85. The van der Waals surface area contributed by atoms with Crippen molar-refractivity contribution in [3.05, 3.63) is 28.2 Å². The molecule has 0 amide bonds. The van der Waals surface area contributed by atoms with Crippen molar-refractivity contribution in [2.24, 2.45) is 5.92 Å². The first-order valence-corrected chi connectivity index (χ1v) is 8.24. The van der Waals surface area contributed by atoms with Crippen LogP contribution in [0.2, 0.25) is 0 Å². The lowest BCUT2D eigenvalue weighted by Gasteiger charge is -2.32. The van der Waals surface area contributed by atoms with Crippen molar-refractivity contribution in [1.29, 1.82) is 0 Å². The monoisotopic (exact) mass is 322 g/mol. The molecule has 1 aromatic carbocycles. The Kier molecular flexibility index (Phi) is 4.13. The molecule has 19 heavy (non-hydrogen) atoms. The molecule has 0 saturated heterocycles. The van der Waals surface area contributed by atoms with Gasteiger partial charge in [-0.2, -0.15) is 0 Å². The van der Waals surface area contributed by atoms with Crippen LogP contribution in [0.25, 0.3) is 0 Å². The molecular weight excluding hydrogens is 300 g/mol. The molecule has 2 aliphatic rings. The Morgan fingerprint density at radius 3 is 2.68 bits per heavy atom. The second-order valence-electron chi connectivity index (χ2n) is 6.11. The van der Waals surface area contributed by atoms with E-state index in [1.165, 1.54) is 54.4 Å². The summed E-state index contributed by atoms with van der Waals surface area (Å²) in [5.74, 6) is 0.910. The zero-order valence-corrected chi connectivity index (χ0v) is 13.2. The molecule has 2 saturated carbocycles. The molecule has 0 radical (unpaired) electrons. The zero-order valence-electron chi connectivity index (χ0n) is 11.7. The Labute approximate surface area is 124 Å². The minimum absolute atomic E-state index is 0.772. The second kappa shape index (κ2) is 5.84. The molecular formula is C16H23BrN2. The molecule has 0 bridgehead atoms. The fraction of sp³-hybridized carbons (Fsp3) is 0.625. The third-order valence-corrected chi connectivity index (χ3v) is 4.87. The lowest BCUT2D eigenvalue weighted by Crippen LogP contribution is -2.30. The molecule has 1 N–H and O–H groups in total. The summed E-state index contributed by atoms with van der Waals surface area (Å²) < 4.78 is 1.18. The minimum atomic E-state index is 0.772. The van der Waals surface area contributed by atoms with Crippen molar-refractivity contribution in [2.75, 3.05) is 18.5 Å². The van der Waals surface area contributed by atoms with Crippen LogP contribution in [0.3, 0.4) is 0 Å². The summed E-state index contributed by atoms with van der Waals surface area (Å²) in [7, 11) is 2.24. The summed E-state index contributed by atoms with van der Waals surface area (Å²) in [6, 6.07) is 7.45. The van der Waals surface area contributed by atoms with E-state index in [9.17, 15) is 0 Å². The fourth-order valence-corrected chi connectivity index (χ4v) is 3.09. The molecule has 0 aliphatic heterocycles. The summed E-state index contributed by atoms with van der Waals surface area (Å²) in [4.78, 5) is 2.44. The molecule has 2 nitrogen and oxygen atoms in total. The lowest BCUT2D eigenvalue weighted by molar-refractivity contribution is 0.321. The maximum atomic E-state index is 3.63. The van der Waals surface area contributed by atoms with Gasteiger partial charge in [-0.25, -0.2) is 0 Å². The van der Waals surface area contributed by atoms with Gasteiger partial charge in [0.15, 0.2) is 0 Å². The largest absolute Gasteiger partial charge is 0.374 e. The highest BCUT2D eigenvalue weighted by Crippen LogP contribution is 2.31. The van der Waals surface area contributed by atoms with Gasteiger partial charge in [-0.05, 0) is 49.3 Å². The molecule has 0 unspecified atom stereocenters. The SMILES string of the molecule is CN(CC1CCC1)c1cc(Br)ccc1CNC1CC1. The number of benzene rings is 1. The molecule has 0 spiro atoms. The van der Waals surface area contributed by atoms with Gasteiger partial charge in [0.1, 0.15) is 0 Å². The van der Waals surface area contributed by atoms with E-state index in [-0.39, 0.29) is 0 Å². The average Bonchev–Trinajstić information content (AvgIpc) is 3.16. The van der Waals surface area contributed by atoms with Gasteiger partial charge in [-0.3, -0.25) is 0 Å². The Balaban J connectivity index is 1.69. The topological polar surface area (TPSA) is 15.3 Å². The van der Waals surface area contributed by atoms with E-state index in [1.54, 1.807) is 0 Å². The van der Waals surface area contributed by atoms with Crippen LogP contribution < -0.4 is 10.2 Å². The Bertz CT molecular complexity index is 438. The van der Waals surface area contributed by atoms with E-state index in [0.29, 0.717) is 0 Å². The average molecular weight is 323 g/mol. The predicted octanol–water partition coefficient (Wildman–Crippen LogP) is 3.94. The number of rotatable bonds is 6. The molecule has 3 heteroatoms. The van der Waals surface area contributed by atoms with E-state index >= 15 is 0 Å². The van der Waals surface area contributed by atoms with Gasteiger partial charge in [-0.1, -0.05) is 28.4 Å². The van der Waals surface area contributed by atoms with Crippen LogP contribution in [0.1, 0.15) is 37.7 Å². The summed E-state index contributed by atoms with van der Waals surface area (Å²) >= 11 is 3.61. The van der Waals surface area contributed by atoms with E-state index in [4.69, 9.17) is 0 Å². The predicted molar refractivity (Wildman–Crippen MR) is 84.6 cm³/mol. The second-order valence-corrected chi connectivity index (χ2v) is 7.02. The number of anilines is 1. The van der Waals surface area contributed by atoms with Crippen molar-refractivity contribution in [1.82, 2.24) is 5.32 Å². The molecule has 0 aromatic heterocycles. The summed E-state index contributed by atoms with van der Waals surface area (Å²) in [6.45, 7) is 2.20. The highest BCUT2D eigenvalue weighted by molar-refractivity contribution is 9.10. The summed E-state index contributed by atoms with van der Waals surface area (Å²) in [5.41, 5.74) is 2.81. The van der Waals surface area contributed by atoms with Crippen LogP contribution in [-0.2, 0) is 6.54 Å². The normalized spacial score (nSPS) is 19.3. The van der Waals surface area contributed by atoms with Crippen LogP contribution >= 0.6 is 15.9 Å². The van der Waals surface area contributed by atoms with Crippen molar-refractivity contribution in [3.8, 4) is 0 Å². The Morgan fingerprint density at radius 2 is 2.05 bits per heavy atom. The van der Waals surface area contributed by atoms with Gasteiger partial charge >= 0.3 is 0 Å². The first-order chi connectivity index (χ1) is 9.22. The van der Waals surface area contributed by atoms with E-state index in [0.717, 1.165) is 18.5 Å². The van der Waals surface area contributed by atoms with Crippen molar-refractivity contribution in [3.63, 3.8) is 0 Å². The molecule has 104 valence electrons. The van der Waals surface area contributed by atoms with Gasteiger partial charge in [0.25, 0.3) is 0 Å². The van der Waals surface area contributed by atoms with Gasteiger partial charge in [0, 0.05) is 36.3 Å². The van der Waals surface area contributed by atoms with Gasteiger partial charge in [-0.15, -0.1) is 0 Å². The number of nitrogens with zero attached hydrogens (tertiary/aromatic N) is 1. The third-order valence-electron chi connectivity index (χ3n) is 4.37. The maximum Gasteiger partial charge on any atom is 0.0420 e. The first-order valence-electron chi connectivity index (χ1n) is 7.45. The zero-order chi connectivity index (χ0) is 13.2. The van der Waals surface area contributed by atoms with Gasteiger partial charge in [0.2, 0.25) is 0 Å². The quantitative estimate of drug-likeness (QED) is 0.853. The molecule has 2 aliphatic carbocycles. The van der Waals surface area contributed by atoms with Crippen LogP contribution in [0.4, 0.5) is 5.69 Å². The van der Waals surface area contributed by atoms with Crippen molar-refractivity contribution < 1.29 is 0 Å². The van der Waals surface area contributed by atoms with Crippen LogP contribution in [0.5, 0.6) is 0 Å². The highest BCUT2D eigenvalue weighted by atomic mass is 79.9. The van der Waals surface area contributed by atoms with Crippen molar-refractivity contribution >= 4 is 21.6 Å². The standard InChI is InChI=1S/C16H23BrN2/c1-19(11-12-3-2-4-12)16-9-14(17)6-5-13(16)10-18-15-7-8-15/h5-6,9,12,15,18H,2-4,7-8,10-11H2,1H3. The molecule has 0 heterocycles. The fourth-order valence-electron chi connectivity index (χ4n) is 2.74. The van der Waals surface area contributed by atoms with Crippen LogP contribution in [0.15, 0.2) is 22.7 Å². The number of halogens is 1. The number of hydrogen-bond acceptors (Lipinski definition) is 2. The minimum Gasteiger partial charge on any atom is -0.374 e. The third kappa shape index (κ3) is 3.51. The van der Waals surface area contributed by atoms with Gasteiger partial charge in [0.05, 0.1) is 0 Å². The molecule has 1 aromatic rings. The molecule has 2 fully saturated rings. The highest BCUT2D eigenvalue weighted by Gasteiger charge is 2.22. The van der Waals surface area contributed by atoms with Crippen molar-refractivity contribution in [2.45, 2.75) is 44.7 Å². The summed E-state index contributed by atoms with van der Waals surface area (Å²) in [6.07, 6.45) is 6.95. The maximum absolute atomic E-state index is 3.63. The smallest absolute Gasteiger partial charge is 0.0420 e. The Morgan fingerprint density at radius 1 is 1.26 bits per heavy atom. The van der Waals surface area contributed by atoms with Crippen LogP contribution in [-0.4, -0.2) is 19.6 Å². The molecule has 3 rings (SSSR count).